The summed E-state index contributed by atoms with van der Waals surface area (Å²) in [7, 11) is 3.54. The second kappa shape index (κ2) is 12.9. The third kappa shape index (κ3) is 6.59. The lowest BCUT2D eigenvalue weighted by atomic mass is 9.96. The van der Waals surface area contributed by atoms with Crippen LogP contribution in [-0.2, 0) is 18.8 Å². The maximum Gasteiger partial charge on any atom is 0.412 e. The van der Waals surface area contributed by atoms with Crippen molar-refractivity contribution >= 4 is 40.4 Å². The zero-order valence-corrected chi connectivity index (χ0v) is 26.5. The van der Waals surface area contributed by atoms with Gasteiger partial charge in [0.2, 0.25) is 0 Å². The molecule has 0 radical (unpaired) electrons. The van der Waals surface area contributed by atoms with Gasteiger partial charge >= 0.3 is 17.9 Å². The molecule has 0 saturated heterocycles. The Balaban J connectivity index is 1.11. The van der Waals surface area contributed by atoms with Crippen molar-refractivity contribution in [3.63, 3.8) is 0 Å². The number of halogens is 1. The normalized spacial score (nSPS) is 17.6. The molecular formula is C34H35FN8O5. The fourth-order valence-electron chi connectivity index (χ4n) is 6.25. The quantitative estimate of drug-likeness (QED) is 0.185. The van der Waals surface area contributed by atoms with Crippen LogP contribution in [0.2, 0.25) is 0 Å². The molecule has 2 aromatic carbocycles. The van der Waals surface area contributed by atoms with E-state index in [0.29, 0.717) is 47.5 Å². The van der Waals surface area contributed by atoms with Crippen LogP contribution in [0.1, 0.15) is 44.6 Å². The van der Waals surface area contributed by atoms with Gasteiger partial charge in [-0.2, -0.15) is 5.10 Å². The van der Waals surface area contributed by atoms with Crippen molar-refractivity contribution < 1.29 is 23.5 Å². The van der Waals surface area contributed by atoms with Gasteiger partial charge in [0.25, 0.3) is 0 Å². The summed E-state index contributed by atoms with van der Waals surface area (Å²) in [6.07, 6.45) is 8.75. The Morgan fingerprint density at radius 3 is 2.44 bits per heavy atom. The number of aryl methyl sites for hydroxylation is 2. The molecule has 48 heavy (non-hydrogen) atoms. The number of carbonyl (C=O) groups excluding carboxylic acids is 2. The zero-order valence-electron chi connectivity index (χ0n) is 26.5. The van der Waals surface area contributed by atoms with Crippen LogP contribution < -0.4 is 26.4 Å². The zero-order chi connectivity index (χ0) is 33.4. The molecule has 2 fully saturated rings. The first-order valence-corrected chi connectivity index (χ1v) is 15.9. The summed E-state index contributed by atoms with van der Waals surface area (Å²) in [6, 6.07) is 12.3. The predicted molar refractivity (Wildman–Crippen MR) is 177 cm³/mol. The van der Waals surface area contributed by atoms with E-state index in [1.165, 1.54) is 24.3 Å². The Labute approximate surface area is 274 Å². The summed E-state index contributed by atoms with van der Waals surface area (Å²) < 4.78 is 29.0. The standard InChI is InChI=1S/C34H35FN8O5/c1-41-19-21(17-37-41)20-12-24(14-25(13-20)40-33(45)47-27-4-3-5-27)38-31-16-29-30(18-36-31)42(2)34(46)43(29)26-9-8-23(15-26)39-32(44)48-28-10-6-22(35)7-11-28/h6-7,10-14,16-19,23,26-27H,3-5,8-9,15H2,1-2H3,(H,36,38)(H,39,44)(H,40,45)/t23-,26-/m1/s1. The molecule has 14 heteroatoms. The number of aromatic nitrogens is 5. The Kier molecular flexibility index (Phi) is 8.29. The Morgan fingerprint density at radius 1 is 0.917 bits per heavy atom. The smallest absolute Gasteiger partial charge is 0.412 e. The molecule has 3 aromatic heterocycles. The average molecular weight is 655 g/mol. The highest BCUT2D eigenvalue weighted by Gasteiger charge is 2.31. The van der Waals surface area contributed by atoms with Crippen molar-refractivity contribution in [2.45, 2.75) is 56.7 Å². The van der Waals surface area contributed by atoms with E-state index in [1.807, 2.05) is 31.4 Å². The minimum Gasteiger partial charge on any atom is -0.446 e. The summed E-state index contributed by atoms with van der Waals surface area (Å²) in [5.74, 6) is 0.323. The van der Waals surface area contributed by atoms with Crippen molar-refractivity contribution in [2.75, 3.05) is 10.6 Å². The molecule has 0 aliphatic heterocycles. The van der Waals surface area contributed by atoms with Crippen LogP contribution in [0.15, 0.2) is 71.9 Å². The maximum atomic E-state index is 13.5. The molecule has 2 amide bonds. The number of pyridine rings is 1. The fraction of sp³-hybridized carbons (Fsp3) is 0.324. The van der Waals surface area contributed by atoms with Gasteiger partial charge in [-0.15, -0.1) is 0 Å². The van der Waals surface area contributed by atoms with E-state index in [0.717, 1.165) is 30.4 Å². The number of nitrogens with one attached hydrogen (secondary N) is 3. The number of benzene rings is 2. The first kappa shape index (κ1) is 31.0. The summed E-state index contributed by atoms with van der Waals surface area (Å²) >= 11 is 0. The number of imidazole rings is 1. The van der Waals surface area contributed by atoms with Gasteiger partial charge < -0.3 is 20.1 Å². The highest BCUT2D eigenvalue weighted by atomic mass is 19.1. The van der Waals surface area contributed by atoms with Crippen LogP contribution >= 0.6 is 0 Å². The van der Waals surface area contributed by atoms with E-state index in [9.17, 15) is 18.8 Å². The highest BCUT2D eigenvalue weighted by molar-refractivity contribution is 5.88. The average Bonchev–Trinajstić information content (AvgIpc) is 3.74. The van der Waals surface area contributed by atoms with Gasteiger partial charge in [-0.05, 0) is 86.6 Å². The molecule has 0 unspecified atom stereocenters. The molecule has 0 bridgehead atoms. The van der Waals surface area contributed by atoms with E-state index >= 15 is 0 Å². The van der Waals surface area contributed by atoms with Gasteiger partial charge in [0.1, 0.15) is 23.5 Å². The number of amides is 2. The van der Waals surface area contributed by atoms with Crippen LogP contribution in [0, 0.1) is 5.82 Å². The number of anilines is 3. The molecule has 2 aliphatic rings. The topological polar surface area (TPSA) is 146 Å². The molecule has 7 rings (SSSR count). The molecular weight excluding hydrogens is 619 g/mol. The maximum absolute atomic E-state index is 13.5. The van der Waals surface area contributed by atoms with Gasteiger partial charge in [0.05, 0.1) is 23.4 Å². The van der Waals surface area contributed by atoms with E-state index in [-0.39, 0.29) is 29.6 Å². The van der Waals surface area contributed by atoms with Gasteiger partial charge in [0, 0.05) is 55.4 Å². The minimum absolute atomic E-state index is 0.0512. The lowest BCUT2D eigenvalue weighted by Crippen LogP contribution is -2.35. The lowest BCUT2D eigenvalue weighted by molar-refractivity contribution is 0.0624. The van der Waals surface area contributed by atoms with Crippen LogP contribution in [0.4, 0.5) is 31.2 Å². The number of carbonyl (C=O) groups is 2. The summed E-state index contributed by atoms with van der Waals surface area (Å²) in [6.45, 7) is 0. The SMILES string of the molecule is Cn1cc(-c2cc(NC(=O)OC3CCC3)cc(Nc3cc4c(cn3)n(C)c(=O)n4[C@@H]3CC[C@@H](NC(=O)Oc4ccc(F)cc4)C3)c2)cn1. The van der Waals surface area contributed by atoms with Gasteiger partial charge in [-0.1, -0.05) is 0 Å². The van der Waals surface area contributed by atoms with E-state index in [4.69, 9.17) is 9.47 Å². The second-order valence-corrected chi connectivity index (χ2v) is 12.3. The number of hydrogen-bond acceptors (Lipinski definition) is 8. The number of nitrogens with zero attached hydrogens (tertiary/aromatic N) is 5. The minimum atomic E-state index is -0.633. The van der Waals surface area contributed by atoms with Crippen LogP contribution in [0.25, 0.3) is 22.2 Å². The van der Waals surface area contributed by atoms with Crippen molar-refractivity contribution in [2.24, 2.45) is 14.1 Å². The molecule has 0 spiro atoms. The van der Waals surface area contributed by atoms with Gasteiger partial charge in [0.15, 0.2) is 0 Å². The van der Waals surface area contributed by atoms with Crippen LogP contribution in [0.5, 0.6) is 5.75 Å². The molecule has 3 heterocycles. The molecule has 13 nitrogen and oxygen atoms in total. The fourth-order valence-corrected chi connectivity index (χ4v) is 6.25. The van der Waals surface area contributed by atoms with E-state index in [2.05, 4.69) is 26.0 Å². The van der Waals surface area contributed by atoms with Gasteiger partial charge in [-0.25, -0.2) is 23.8 Å². The van der Waals surface area contributed by atoms with Crippen LogP contribution in [-0.4, -0.2) is 48.2 Å². The van der Waals surface area contributed by atoms with Crippen LogP contribution in [0.3, 0.4) is 0 Å². The van der Waals surface area contributed by atoms with Crippen molar-refractivity contribution in [3.05, 3.63) is 83.4 Å². The molecule has 2 atom stereocenters. The number of fused-ring (bicyclic) bond motifs is 1. The first-order valence-electron chi connectivity index (χ1n) is 15.9. The summed E-state index contributed by atoms with van der Waals surface area (Å²) in [5.41, 5.74) is 4.09. The largest absolute Gasteiger partial charge is 0.446 e. The van der Waals surface area contributed by atoms with Crippen molar-refractivity contribution in [1.29, 1.82) is 0 Å². The summed E-state index contributed by atoms with van der Waals surface area (Å²) in [4.78, 5) is 43.2. The Morgan fingerprint density at radius 2 is 1.71 bits per heavy atom. The monoisotopic (exact) mass is 654 g/mol. The number of hydrogen-bond donors (Lipinski definition) is 3. The van der Waals surface area contributed by atoms with Crippen molar-refractivity contribution in [3.8, 4) is 16.9 Å². The Hall–Kier alpha value is -5.66. The molecule has 2 saturated carbocycles. The molecule has 248 valence electrons. The third-order valence-electron chi connectivity index (χ3n) is 8.91. The summed E-state index contributed by atoms with van der Waals surface area (Å²) in [5, 5.41) is 13.4. The molecule has 3 N–H and O–H groups in total. The van der Waals surface area contributed by atoms with Gasteiger partial charge in [-0.3, -0.25) is 19.1 Å². The van der Waals surface area contributed by atoms with Crippen molar-refractivity contribution in [1.82, 2.24) is 29.2 Å². The second-order valence-electron chi connectivity index (χ2n) is 12.3. The lowest BCUT2D eigenvalue weighted by Gasteiger charge is -2.25. The number of ether oxygens (including phenoxy) is 2. The Bertz CT molecular complexity index is 2050. The third-order valence-corrected chi connectivity index (χ3v) is 8.91. The number of rotatable bonds is 8. The molecule has 5 aromatic rings. The molecule has 2 aliphatic carbocycles. The van der Waals surface area contributed by atoms with E-state index in [1.54, 1.807) is 39.3 Å². The first-order chi connectivity index (χ1) is 23.2. The highest BCUT2D eigenvalue weighted by Crippen LogP contribution is 2.34. The van der Waals surface area contributed by atoms with E-state index < -0.39 is 18.0 Å². The predicted octanol–water partition coefficient (Wildman–Crippen LogP) is 6.00.